The average Bonchev–Trinajstić information content (AvgIpc) is 3.14. The van der Waals surface area contributed by atoms with Crippen molar-refractivity contribution in [3.05, 3.63) is 63.3 Å². The van der Waals surface area contributed by atoms with Crippen LogP contribution in [0.4, 0.5) is 0 Å². The van der Waals surface area contributed by atoms with Crippen molar-refractivity contribution in [3.63, 3.8) is 0 Å². The van der Waals surface area contributed by atoms with E-state index >= 15 is 0 Å². The average molecular weight is 430 g/mol. The Morgan fingerprint density at radius 1 is 1.34 bits per heavy atom. The molecule has 29 heavy (non-hydrogen) atoms. The van der Waals surface area contributed by atoms with Gasteiger partial charge in [0.1, 0.15) is 18.1 Å². The molecule has 1 saturated heterocycles. The molecule has 0 unspecified atom stereocenters. The molecule has 1 aromatic heterocycles. The number of esters is 1. The number of nitrogens with two attached hydrogens (primary N) is 1. The van der Waals surface area contributed by atoms with E-state index < -0.39 is 0 Å². The summed E-state index contributed by atoms with van der Waals surface area (Å²) < 4.78 is 10.8. The number of ether oxygens (including phenoxy) is 2. The maximum absolute atomic E-state index is 13.0. The lowest BCUT2D eigenvalue weighted by atomic mass is 10.0. The smallest absolute Gasteiger partial charge is 0.355 e. The van der Waals surface area contributed by atoms with E-state index in [0.717, 1.165) is 33.2 Å². The lowest BCUT2D eigenvalue weighted by Gasteiger charge is -2.50. The van der Waals surface area contributed by atoms with Crippen LogP contribution in [0, 0.1) is 6.92 Å². The van der Waals surface area contributed by atoms with E-state index in [1.807, 2.05) is 48.9 Å². The molecular formula is C21H23N3O3S2. The number of thiazole rings is 1. The fraction of sp³-hybridized carbons (Fsp3) is 0.333. The van der Waals surface area contributed by atoms with Gasteiger partial charge in [0, 0.05) is 17.2 Å². The third-order valence-corrected chi connectivity index (χ3v) is 7.34. The molecule has 2 aliphatic heterocycles. The number of allylic oxidation sites excluding steroid dienone is 1. The summed E-state index contributed by atoms with van der Waals surface area (Å²) in [4.78, 5) is 20.4. The van der Waals surface area contributed by atoms with Crippen LogP contribution in [0.15, 0.2) is 47.1 Å². The topological polar surface area (TPSA) is 77.7 Å². The minimum atomic E-state index is -0.307. The monoisotopic (exact) mass is 429 g/mol. The first kappa shape index (κ1) is 20.0. The van der Waals surface area contributed by atoms with Crippen LogP contribution in [0.1, 0.15) is 16.1 Å². The van der Waals surface area contributed by atoms with Crippen LogP contribution in [-0.4, -0.2) is 46.7 Å². The maximum atomic E-state index is 13.0. The highest BCUT2D eigenvalue weighted by atomic mass is 32.2. The van der Waals surface area contributed by atoms with Gasteiger partial charge in [-0.25, -0.2) is 9.78 Å². The lowest BCUT2D eigenvalue weighted by molar-refractivity contribution is -0.143. The zero-order valence-electron chi connectivity index (χ0n) is 16.3. The number of methoxy groups -OCH3 is 1. The van der Waals surface area contributed by atoms with E-state index in [0.29, 0.717) is 12.2 Å². The summed E-state index contributed by atoms with van der Waals surface area (Å²) >= 11 is 3.35. The molecule has 2 N–H and O–H groups in total. The molecule has 4 rings (SSSR count). The largest absolute Gasteiger partial charge is 0.497 e. The number of thioether (sulfide) groups is 1. The van der Waals surface area contributed by atoms with Gasteiger partial charge in [-0.1, -0.05) is 18.2 Å². The molecule has 8 heteroatoms. The van der Waals surface area contributed by atoms with Gasteiger partial charge in [-0.2, -0.15) is 0 Å². The molecule has 0 spiro atoms. The Morgan fingerprint density at radius 3 is 2.79 bits per heavy atom. The summed E-state index contributed by atoms with van der Waals surface area (Å²) in [5.74, 6) is 1.20. The number of rotatable bonds is 6. The van der Waals surface area contributed by atoms with Crippen LogP contribution in [0.5, 0.6) is 5.75 Å². The van der Waals surface area contributed by atoms with E-state index in [4.69, 9.17) is 15.2 Å². The van der Waals surface area contributed by atoms with Gasteiger partial charge in [-0.3, -0.25) is 0 Å². The summed E-state index contributed by atoms with van der Waals surface area (Å²) in [6, 6.07) is 7.59. The number of carbonyl (C=O) groups excluding carboxylic acids is 1. The number of benzene rings is 1. The fourth-order valence-corrected chi connectivity index (χ4v) is 5.32. The van der Waals surface area contributed by atoms with Crippen molar-refractivity contribution in [1.82, 2.24) is 9.88 Å². The maximum Gasteiger partial charge on any atom is 0.355 e. The first-order chi connectivity index (χ1) is 14.1. The number of fused-ring (bicyclic) bond motifs is 1. The van der Waals surface area contributed by atoms with Gasteiger partial charge in [0.25, 0.3) is 0 Å². The molecule has 0 radical (unpaired) electrons. The highest BCUT2D eigenvalue weighted by Gasteiger charge is 2.44. The van der Waals surface area contributed by atoms with E-state index in [1.54, 1.807) is 30.2 Å². The summed E-state index contributed by atoms with van der Waals surface area (Å²) in [7, 11) is 1.62. The molecule has 0 saturated carbocycles. The number of hydrogen-bond acceptors (Lipinski definition) is 8. The van der Waals surface area contributed by atoms with Gasteiger partial charge in [-0.15, -0.1) is 23.1 Å². The van der Waals surface area contributed by atoms with E-state index in [2.05, 4.69) is 9.88 Å². The molecular weight excluding hydrogens is 406 g/mol. The molecule has 1 aromatic carbocycles. The summed E-state index contributed by atoms with van der Waals surface area (Å²) in [6.07, 6.45) is 4.04. The predicted octanol–water partition coefficient (Wildman–Crippen LogP) is 3.19. The normalized spacial score (nSPS) is 21.1. The first-order valence-corrected chi connectivity index (χ1v) is 11.2. The third-order valence-electron chi connectivity index (χ3n) is 5.02. The minimum Gasteiger partial charge on any atom is -0.497 e. The molecule has 0 amide bonds. The molecule has 6 nitrogen and oxygen atoms in total. The van der Waals surface area contributed by atoms with Crippen molar-refractivity contribution in [1.29, 1.82) is 0 Å². The summed E-state index contributed by atoms with van der Waals surface area (Å²) in [5, 5.41) is 0.140. The molecule has 2 aliphatic rings. The highest BCUT2D eigenvalue weighted by molar-refractivity contribution is 8.00. The molecule has 2 atom stereocenters. The Balaban J connectivity index is 1.53. The van der Waals surface area contributed by atoms with Gasteiger partial charge in [0.15, 0.2) is 0 Å². The Bertz CT molecular complexity index is 952. The molecule has 1 fully saturated rings. The molecule has 0 aliphatic carbocycles. The van der Waals surface area contributed by atoms with Crippen LogP contribution in [0.25, 0.3) is 6.08 Å². The second-order valence-electron chi connectivity index (χ2n) is 6.95. The minimum absolute atomic E-state index is 0.0821. The van der Waals surface area contributed by atoms with Gasteiger partial charge in [0.05, 0.1) is 29.7 Å². The number of aromatic nitrogens is 1. The molecule has 152 valence electrons. The zero-order valence-corrected chi connectivity index (χ0v) is 18.0. The highest BCUT2D eigenvalue weighted by Crippen LogP contribution is 2.39. The van der Waals surface area contributed by atoms with Crippen LogP contribution in [0.3, 0.4) is 0 Å². The van der Waals surface area contributed by atoms with E-state index in [9.17, 15) is 4.79 Å². The fourth-order valence-electron chi connectivity index (χ4n) is 3.34. The SMILES string of the molecule is COc1ccc(COC(=O)C2=C(/C=C\c3scnc3C)CS[C@@H]3[C@H](N)CN23)cc1. The Morgan fingerprint density at radius 2 is 2.14 bits per heavy atom. The van der Waals surface area contributed by atoms with Crippen LogP contribution in [-0.2, 0) is 16.1 Å². The summed E-state index contributed by atoms with van der Waals surface area (Å²) in [5.41, 5.74) is 11.5. The van der Waals surface area contributed by atoms with Crippen molar-refractivity contribution in [2.45, 2.75) is 24.9 Å². The summed E-state index contributed by atoms with van der Waals surface area (Å²) in [6.45, 7) is 2.87. The van der Waals surface area contributed by atoms with Crippen molar-refractivity contribution in [3.8, 4) is 5.75 Å². The van der Waals surface area contributed by atoms with Crippen LogP contribution >= 0.6 is 23.1 Å². The molecule has 3 heterocycles. The predicted molar refractivity (Wildman–Crippen MR) is 117 cm³/mol. The van der Waals surface area contributed by atoms with E-state index in [-0.39, 0.29) is 24.0 Å². The molecule has 0 bridgehead atoms. The quantitative estimate of drug-likeness (QED) is 0.707. The van der Waals surface area contributed by atoms with Crippen molar-refractivity contribution < 1.29 is 14.3 Å². The van der Waals surface area contributed by atoms with Gasteiger partial charge in [0.2, 0.25) is 0 Å². The van der Waals surface area contributed by atoms with Crippen molar-refractivity contribution >= 4 is 35.1 Å². The van der Waals surface area contributed by atoms with Gasteiger partial charge >= 0.3 is 5.97 Å². The van der Waals surface area contributed by atoms with Crippen LogP contribution < -0.4 is 10.5 Å². The first-order valence-electron chi connectivity index (χ1n) is 9.32. The second-order valence-corrected chi connectivity index (χ2v) is 8.94. The Labute approximate surface area is 178 Å². The standard InChI is InChI=1S/C21H23N3O3S2/c1-13-18(29-12-23-13)8-5-15-11-28-20-17(22)9-24(20)19(15)21(25)27-10-14-3-6-16(26-2)7-4-14/h3-8,12,17,20H,9-11,22H2,1-2H3/b8-5-/t17-,20-/m1/s1. The number of nitrogens with zero attached hydrogens (tertiary/aromatic N) is 2. The Kier molecular flexibility index (Phi) is 5.94. The van der Waals surface area contributed by atoms with Crippen molar-refractivity contribution in [2.24, 2.45) is 5.73 Å². The number of carbonyl (C=O) groups is 1. The Hall–Kier alpha value is -2.29. The van der Waals surface area contributed by atoms with Gasteiger partial charge in [-0.05, 0) is 36.3 Å². The van der Waals surface area contributed by atoms with Crippen LogP contribution in [0.2, 0.25) is 0 Å². The zero-order chi connectivity index (χ0) is 20.4. The lowest BCUT2D eigenvalue weighted by Crippen LogP contribution is -2.64. The van der Waals surface area contributed by atoms with E-state index in [1.165, 1.54) is 0 Å². The third kappa shape index (κ3) is 4.19. The van der Waals surface area contributed by atoms with Gasteiger partial charge < -0.3 is 20.1 Å². The second kappa shape index (κ2) is 8.61. The number of aryl methyl sites for hydroxylation is 1. The van der Waals surface area contributed by atoms with Crippen molar-refractivity contribution in [2.75, 3.05) is 19.4 Å². The molecule has 2 aromatic rings. The number of hydrogen-bond donors (Lipinski definition) is 1.